The molecule has 0 aromatic carbocycles. The number of aliphatic hydroxyl groups is 2. The molecule has 1 saturated heterocycles. The zero-order valence-electron chi connectivity index (χ0n) is 18.7. The van der Waals surface area contributed by atoms with Gasteiger partial charge >= 0.3 is 0 Å². The van der Waals surface area contributed by atoms with E-state index in [0.717, 1.165) is 0 Å². The van der Waals surface area contributed by atoms with E-state index in [-0.39, 0.29) is 30.0 Å². The highest BCUT2D eigenvalue weighted by molar-refractivity contribution is 5.92. The van der Waals surface area contributed by atoms with Gasteiger partial charge in [0.15, 0.2) is 23.0 Å². The number of alkyl halides is 1. The van der Waals surface area contributed by atoms with E-state index in [4.69, 9.17) is 9.47 Å². The van der Waals surface area contributed by atoms with Crippen molar-refractivity contribution >= 4 is 11.6 Å². The Kier molecular flexibility index (Phi) is 4.52. The number of fused-ring (bicyclic) bond motifs is 7. The van der Waals surface area contributed by atoms with Crippen molar-refractivity contribution < 1.29 is 33.7 Å². The summed E-state index contributed by atoms with van der Waals surface area (Å²) in [4.78, 5) is 25.2. The number of carbonyl (C=O) groups is 2. The first kappa shape index (κ1) is 21.7. The molecule has 6 nitrogen and oxygen atoms in total. The van der Waals surface area contributed by atoms with E-state index in [0.29, 0.717) is 31.3 Å². The summed E-state index contributed by atoms with van der Waals surface area (Å²) < 4.78 is 27.9. The molecule has 4 aliphatic carbocycles. The van der Waals surface area contributed by atoms with Crippen LogP contribution in [0.1, 0.15) is 59.8 Å². The van der Waals surface area contributed by atoms with Crippen LogP contribution in [0.3, 0.4) is 0 Å². The predicted octanol–water partition coefficient (Wildman–Crippen LogP) is 2.50. The zero-order chi connectivity index (χ0) is 22.6. The van der Waals surface area contributed by atoms with Crippen molar-refractivity contribution in [1.29, 1.82) is 0 Å². The van der Waals surface area contributed by atoms with Gasteiger partial charge in [-0.3, -0.25) is 9.59 Å². The van der Waals surface area contributed by atoms with Crippen molar-refractivity contribution in [3.8, 4) is 0 Å². The summed E-state index contributed by atoms with van der Waals surface area (Å²) in [7, 11) is 0. The molecular weight excluding hydrogens is 403 g/mol. The maximum absolute atomic E-state index is 15.5. The van der Waals surface area contributed by atoms with Crippen LogP contribution < -0.4 is 0 Å². The van der Waals surface area contributed by atoms with Gasteiger partial charge < -0.3 is 19.7 Å². The molecule has 0 amide bonds. The minimum Gasteiger partial charge on any atom is -0.393 e. The van der Waals surface area contributed by atoms with Crippen molar-refractivity contribution in [2.75, 3.05) is 6.61 Å². The van der Waals surface area contributed by atoms with Gasteiger partial charge in [0.2, 0.25) is 0 Å². The van der Waals surface area contributed by atoms with E-state index in [1.165, 1.54) is 6.08 Å². The Labute approximate surface area is 182 Å². The van der Waals surface area contributed by atoms with Crippen LogP contribution in [0.15, 0.2) is 11.6 Å². The minimum atomic E-state index is -1.35. The highest BCUT2D eigenvalue weighted by Gasteiger charge is 2.77. The van der Waals surface area contributed by atoms with Gasteiger partial charge in [0.05, 0.1) is 12.2 Å². The van der Waals surface area contributed by atoms with Crippen LogP contribution in [0.4, 0.5) is 4.39 Å². The topological polar surface area (TPSA) is 93.1 Å². The molecule has 9 atom stereocenters. The number of aliphatic hydroxyl groups excluding tert-OH is 2. The van der Waals surface area contributed by atoms with Gasteiger partial charge in [0.25, 0.3) is 0 Å². The van der Waals surface area contributed by atoms with Crippen molar-refractivity contribution in [3.63, 3.8) is 0 Å². The second-order valence-corrected chi connectivity index (χ2v) is 11.3. The van der Waals surface area contributed by atoms with E-state index in [1.54, 1.807) is 13.8 Å². The molecule has 0 bridgehead atoms. The van der Waals surface area contributed by atoms with Crippen molar-refractivity contribution in [3.05, 3.63) is 11.6 Å². The molecule has 3 saturated carbocycles. The van der Waals surface area contributed by atoms with Gasteiger partial charge in [-0.2, -0.15) is 0 Å². The smallest absolute Gasteiger partial charge is 0.193 e. The standard InChI is InChI=1S/C24H33FO6/c1-21(2)30-19-9-14-13-8-16(25)15-7-12(27)5-6-22(15,3)20(13)17(28)10-23(14,4)24(19,31-21)18(29)11-26/h7,13-14,16-17,19-20,26,28H,5-6,8-11H2,1-4H3/t13-,14-,16-,17-,19+,20+,22-,23-,24+/m1/s1. The molecule has 31 heavy (non-hydrogen) atoms. The normalized spacial score (nSPS) is 52.6. The molecule has 1 heterocycles. The van der Waals surface area contributed by atoms with Crippen LogP contribution in [-0.4, -0.2) is 58.2 Å². The monoisotopic (exact) mass is 436 g/mol. The molecule has 7 heteroatoms. The maximum atomic E-state index is 15.5. The number of rotatable bonds is 2. The summed E-state index contributed by atoms with van der Waals surface area (Å²) >= 11 is 0. The molecule has 0 aromatic heterocycles. The van der Waals surface area contributed by atoms with Gasteiger partial charge in [0.1, 0.15) is 12.8 Å². The Hall–Kier alpha value is -1.15. The van der Waals surface area contributed by atoms with Gasteiger partial charge in [-0.1, -0.05) is 13.8 Å². The number of Topliss-reactive ketones (excluding diaryl/α,β-unsaturated/α-hetero) is 1. The number of ether oxygens (including phenoxy) is 2. The molecule has 1 aliphatic heterocycles. The Balaban J connectivity index is 1.61. The van der Waals surface area contributed by atoms with E-state index in [2.05, 4.69) is 0 Å². The van der Waals surface area contributed by atoms with Crippen molar-refractivity contribution in [2.45, 2.75) is 89.6 Å². The highest BCUT2D eigenvalue weighted by Crippen LogP contribution is 2.70. The fourth-order valence-corrected chi connectivity index (χ4v) is 8.41. The number of hydrogen-bond acceptors (Lipinski definition) is 6. The quantitative estimate of drug-likeness (QED) is 0.691. The third kappa shape index (κ3) is 2.58. The third-order valence-electron chi connectivity index (χ3n) is 9.42. The summed E-state index contributed by atoms with van der Waals surface area (Å²) in [6.45, 7) is 6.78. The summed E-state index contributed by atoms with van der Waals surface area (Å²) in [5.74, 6) is -1.90. The van der Waals surface area contributed by atoms with Crippen LogP contribution >= 0.6 is 0 Å². The summed E-state index contributed by atoms with van der Waals surface area (Å²) in [6, 6.07) is 0. The number of carbonyl (C=O) groups excluding carboxylic acids is 2. The third-order valence-corrected chi connectivity index (χ3v) is 9.42. The maximum Gasteiger partial charge on any atom is 0.193 e. The van der Waals surface area contributed by atoms with Crippen LogP contribution in [0.2, 0.25) is 0 Å². The lowest BCUT2D eigenvalue weighted by Gasteiger charge is -2.61. The van der Waals surface area contributed by atoms with Gasteiger partial charge in [0, 0.05) is 11.8 Å². The molecule has 2 N–H and O–H groups in total. The van der Waals surface area contributed by atoms with Crippen molar-refractivity contribution in [2.24, 2.45) is 28.6 Å². The predicted molar refractivity (Wildman–Crippen MR) is 109 cm³/mol. The summed E-state index contributed by atoms with van der Waals surface area (Å²) in [5.41, 5.74) is -2.19. The molecule has 0 aromatic rings. The fourth-order valence-electron chi connectivity index (χ4n) is 8.41. The lowest BCUT2D eigenvalue weighted by molar-refractivity contribution is -0.228. The van der Waals surface area contributed by atoms with Crippen LogP contribution in [0, 0.1) is 28.6 Å². The number of ketones is 2. The Morgan fingerprint density at radius 3 is 2.65 bits per heavy atom. The summed E-state index contributed by atoms with van der Waals surface area (Å²) in [6.07, 6.45) is 0.872. The van der Waals surface area contributed by atoms with E-state index >= 15 is 4.39 Å². The lowest BCUT2D eigenvalue weighted by Crippen LogP contribution is -2.64. The van der Waals surface area contributed by atoms with E-state index < -0.39 is 53.0 Å². The molecule has 5 aliphatic rings. The number of allylic oxidation sites excluding steroid dienone is 1. The molecule has 172 valence electrons. The van der Waals surface area contributed by atoms with E-state index in [1.807, 2.05) is 13.8 Å². The Morgan fingerprint density at radius 1 is 1.26 bits per heavy atom. The molecule has 0 radical (unpaired) electrons. The van der Waals surface area contributed by atoms with E-state index in [9.17, 15) is 19.8 Å². The first-order valence-electron chi connectivity index (χ1n) is 11.5. The molecular formula is C24H33FO6. The second-order valence-electron chi connectivity index (χ2n) is 11.3. The zero-order valence-corrected chi connectivity index (χ0v) is 18.7. The average molecular weight is 437 g/mol. The lowest BCUT2D eigenvalue weighted by atomic mass is 9.45. The first-order chi connectivity index (χ1) is 14.4. The van der Waals surface area contributed by atoms with Crippen LogP contribution in [-0.2, 0) is 19.1 Å². The minimum absolute atomic E-state index is 0.0457. The van der Waals surface area contributed by atoms with Gasteiger partial charge in [-0.15, -0.1) is 0 Å². The largest absolute Gasteiger partial charge is 0.393 e. The first-order valence-corrected chi connectivity index (χ1v) is 11.5. The summed E-state index contributed by atoms with van der Waals surface area (Å²) in [5, 5.41) is 21.3. The Bertz CT molecular complexity index is 868. The van der Waals surface area contributed by atoms with Crippen LogP contribution in [0.5, 0.6) is 0 Å². The average Bonchev–Trinajstić information content (AvgIpc) is 3.08. The molecule has 0 unspecified atom stereocenters. The fraction of sp³-hybridized carbons (Fsp3) is 0.833. The van der Waals surface area contributed by atoms with Crippen molar-refractivity contribution in [1.82, 2.24) is 0 Å². The molecule has 0 spiro atoms. The second kappa shape index (κ2) is 6.46. The molecule has 5 rings (SSSR count). The van der Waals surface area contributed by atoms with Gasteiger partial charge in [-0.25, -0.2) is 4.39 Å². The van der Waals surface area contributed by atoms with Crippen LogP contribution in [0.25, 0.3) is 0 Å². The Morgan fingerprint density at radius 2 is 1.97 bits per heavy atom. The van der Waals surface area contributed by atoms with Gasteiger partial charge in [-0.05, 0) is 74.3 Å². The number of hydrogen-bond donors (Lipinski definition) is 2. The SMILES string of the molecule is CC1(C)O[C@H]2C[C@@H]3[C@H]4C[C@@H](F)C5=CC(=O)CC[C@@]5(C)[C@@H]4[C@H](O)C[C@@]3(C)[C@@]2(C(=O)CO)O1. The molecule has 4 fully saturated rings. The number of halogens is 1. The highest BCUT2D eigenvalue weighted by atomic mass is 19.1.